The minimum Gasteiger partial charge on any atom is -0.332 e. The average molecular weight is 338 g/mol. The molecule has 1 atom stereocenters. The van der Waals surface area contributed by atoms with Gasteiger partial charge in [-0.15, -0.1) is 0 Å². The number of hydrogen-bond donors (Lipinski definition) is 2. The van der Waals surface area contributed by atoms with Crippen molar-refractivity contribution in [3.63, 3.8) is 0 Å². The molecule has 24 heavy (non-hydrogen) atoms. The van der Waals surface area contributed by atoms with E-state index in [4.69, 9.17) is 5.26 Å². The first-order valence-electron chi connectivity index (χ1n) is 7.27. The summed E-state index contributed by atoms with van der Waals surface area (Å²) in [6.07, 6.45) is 1.55. The molecule has 0 radical (unpaired) electrons. The summed E-state index contributed by atoms with van der Waals surface area (Å²) in [5.41, 5.74) is 1.09. The van der Waals surface area contributed by atoms with Crippen LogP contribution in [0.15, 0.2) is 40.4 Å². The Labute approximate surface area is 139 Å². The van der Waals surface area contributed by atoms with Crippen LogP contribution in [0.3, 0.4) is 0 Å². The molecular weight excluding hydrogens is 327 g/mol. The quantitative estimate of drug-likeness (QED) is 0.431. The Morgan fingerprint density at radius 2 is 2.12 bits per heavy atom. The van der Waals surface area contributed by atoms with Crippen LogP contribution in [0.25, 0.3) is 32.6 Å². The zero-order valence-corrected chi connectivity index (χ0v) is 13.4. The first-order chi connectivity index (χ1) is 11.6. The van der Waals surface area contributed by atoms with Crippen LogP contribution in [0, 0.1) is 17.1 Å². The maximum absolute atomic E-state index is 13.7. The van der Waals surface area contributed by atoms with Crippen molar-refractivity contribution >= 4 is 44.3 Å². The van der Waals surface area contributed by atoms with E-state index in [0.29, 0.717) is 26.8 Å². The van der Waals surface area contributed by atoms with Crippen LogP contribution in [0.2, 0.25) is 0 Å². The number of nitriles is 1. The van der Waals surface area contributed by atoms with Crippen molar-refractivity contribution in [3.8, 4) is 6.07 Å². The summed E-state index contributed by atoms with van der Waals surface area (Å²) >= 11 is 1.31. The molecule has 5 nitrogen and oxygen atoms in total. The lowest BCUT2D eigenvalue weighted by atomic mass is 10.0. The molecule has 0 aliphatic carbocycles. The molecule has 2 aromatic heterocycles. The largest absolute Gasteiger partial charge is 0.332 e. The van der Waals surface area contributed by atoms with Crippen LogP contribution >= 0.6 is 11.8 Å². The third-order valence-corrected chi connectivity index (χ3v) is 4.76. The van der Waals surface area contributed by atoms with E-state index in [9.17, 15) is 9.18 Å². The third-order valence-electron chi connectivity index (χ3n) is 3.89. The van der Waals surface area contributed by atoms with Crippen molar-refractivity contribution in [2.24, 2.45) is 0 Å². The minimum absolute atomic E-state index is 0.260. The molecule has 0 saturated heterocycles. The van der Waals surface area contributed by atoms with Gasteiger partial charge in [0.2, 0.25) is 0 Å². The second kappa shape index (κ2) is 5.35. The van der Waals surface area contributed by atoms with Gasteiger partial charge < -0.3 is 9.97 Å². The summed E-state index contributed by atoms with van der Waals surface area (Å²) in [6, 6.07) is 8.26. The summed E-state index contributed by atoms with van der Waals surface area (Å²) in [7, 11) is 0. The lowest BCUT2D eigenvalue weighted by Gasteiger charge is -2.05. The average Bonchev–Trinajstić information content (AvgIpc) is 2.98. The number of hydrogen-bond acceptors (Lipinski definition) is 4. The Hall–Kier alpha value is -2.85. The summed E-state index contributed by atoms with van der Waals surface area (Å²) in [4.78, 5) is 22.7. The summed E-state index contributed by atoms with van der Waals surface area (Å²) in [6.45, 7) is 1.79. The number of pyridine rings is 1. The molecule has 0 spiro atoms. The van der Waals surface area contributed by atoms with E-state index in [2.05, 4.69) is 21.0 Å². The molecular formula is C17H11FN4OS. The Morgan fingerprint density at radius 3 is 2.92 bits per heavy atom. The molecule has 0 fully saturated rings. The molecule has 2 heterocycles. The molecule has 118 valence electrons. The summed E-state index contributed by atoms with van der Waals surface area (Å²) in [5.74, 6) is -0.404. The van der Waals surface area contributed by atoms with Crippen molar-refractivity contribution in [1.82, 2.24) is 15.0 Å². The van der Waals surface area contributed by atoms with Crippen LogP contribution in [0.5, 0.6) is 0 Å². The first-order valence-corrected chi connectivity index (χ1v) is 8.15. The van der Waals surface area contributed by atoms with E-state index in [1.165, 1.54) is 23.9 Å². The van der Waals surface area contributed by atoms with Crippen LogP contribution in [-0.2, 0) is 0 Å². The van der Waals surface area contributed by atoms with Crippen molar-refractivity contribution in [3.05, 3.63) is 46.6 Å². The molecule has 2 N–H and O–H groups in total. The van der Waals surface area contributed by atoms with Crippen molar-refractivity contribution < 1.29 is 4.39 Å². The Kier molecular flexibility index (Phi) is 3.28. The van der Waals surface area contributed by atoms with Gasteiger partial charge in [-0.2, -0.15) is 5.26 Å². The Morgan fingerprint density at radius 1 is 1.29 bits per heavy atom. The minimum atomic E-state index is -0.404. The SMILES string of the molecule is CC(C#N)Sc1nc2c3cc[nH]c(=O)c3c3cc(F)ccc3c2[nH]1. The van der Waals surface area contributed by atoms with E-state index in [-0.39, 0.29) is 10.8 Å². The molecule has 0 aliphatic rings. The number of aromatic nitrogens is 3. The van der Waals surface area contributed by atoms with E-state index in [1.807, 2.05) is 0 Å². The van der Waals surface area contributed by atoms with Gasteiger partial charge in [-0.1, -0.05) is 11.8 Å². The van der Waals surface area contributed by atoms with Gasteiger partial charge in [0, 0.05) is 22.4 Å². The highest BCUT2D eigenvalue weighted by Crippen LogP contribution is 2.34. The van der Waals surface area contributed by atoms with Gasteiger partial charge in [0.05, 0.1) is 27.7 Å². The zero-order valence-electron chi connectivity index (χ0n) is 12.6. The van der Waals surface area contributed by atoms with Gasteiger partial charge >= 0.3 is 0 Å². The second-order valence-corrected chi connectivity index (χ2v) is 6.77. The van der Waals surface area contributed by atoms with Gasteiger partial charge in [0.25, 0.3) is 5.56 Å². The number of H-pyrrole nitrogens is 2. The highest BCUT2D eigenvalue weighted by Gasteiger charge is 2.16. The van der Waals surface area contributed by atoms with Crippen LogP contribution < -0.4 is 5.56 Å². The van der Waals surface area contributed by atoms with Gasteiger partial charge in [0.15, 0.2) is 5.16 Å². The predicted molar refractivity (Wildman–Crippen MR) is 92.6 cm³/mol. The number of aromatic amines is 2. The molecule has 2 aromatic carbocycles. The Bertz CT molecular complexity index is 1200. The zero-order chi connectivity index (χ0) is 16.8. The maximum Gasteiger partial charge on any atom is 0.256 e. The molecule has 1 unspecified atom stereocenters. The number of thioether (sulfide) groups is 1. The lowest BCUT2D eigenvalue weighted by molar-refractivity contribution is 0.630. The van der Waals surface area contributed by atoms with Gasteiger partial charge in [-0.25, -0.2) is 9.37 Å². The van der Waals surface area contributed by atoms with Crippen LogP contribution in [0.1, 0.15) is 6.92 Å². The monoisotopic (exact) mass is 338 g/mol. The number of fused-ring (bicyclic) bond motifs is 6. The fourth-order valence-corrected chi connectivity index (χ4v) is 3.57. The fraction of sp³-hybridized carbons (Fsp3) is 0.118. The summed E-state index contributed by atoms with van der Waals surface area (Å²) < 4.78 is 13.7. The predicted octanol–water partition coefficient (Wildman–Crippen LogP) is 3.70. The van der Waals surface area contributed by atoms with E-state index < -0.39 is 5.82 Å². The molecule has 4 aromatic rings. The molecule has 0 bridgehead atoms. The molecule has 4 rings (SSSR count). The number of rotatable bonds is 2. The van der Waals surface area contributed by atoms with Gasteiger partial charge in [0.1, 0.15) is 5.82 Å². The van der Waals surface area contributed by atoms with Crippen LogP contribution in [0.4, 0.5) is 4.39 Å². The van der Waals surface area contributed by atoms with E-state index in [1.54, 1.807) is 25.3 Å². The highest BCUT2D eigenvalue weighted by atomic mass is 32.2. The number of halogens is 1. The van der Waals surface area contributed by atoms with E-state index >= 15 is 0 Å². The third kappa shape index (κ3) is 2.15. The maximum atomic E-state index is 13.7. The van der Waals surface area contributed by atoms with Gasteiger partial charge in [-0.05, 0) is 31.2 Å². The smallest absolute Gasteiger partial charge is 0.256 e. The number of benzene rings is 2. The van der Waals surface area contributed by atoms with Gasteiger partial charge in [-0.3, -0.25) is 4.79 Å². The number of nitrogens with zero attached hydrogens (tertiary/aromatic N) is 2. The van der Waals surface area contributed by atoms with Crippen molar-refractivity contribution in [2.75, 3.05) is 0 Å². The molecule has 0 amide bonds. The lowest BCUT2D eigenvalue weighted by Crippen LogP contribution is -2.05. The molecule has 0 aliphatic heterocycles. The van der Waals surface area contributed by atoms with E-state index in [0.717, 1.165) is 10.9 Å². The summed E-state index contributed by atoms with van der Waals surface area (Å²) in [5, 5.41) is 11.6. The van der Waals surface area contributed by atoms with Crippen molar-refractivity contribution in [1.29, 1.82) is 5.26 Å². The van der Waals surface area contributed by atoms with Crippen molar-refractivity contribution in [2.45, 2.75) is 17.3 Å². The normalized spacial score (nSPS) is 12.7. The molecule has 0 saturated carbocycles. The number of nitrogens with one attached hydrogen (secondary N) is 2. The Balaban J connectivity index is 2.18. The fourth-order valence-electron chi connectivity index (χ4n) is 2.88. The first kappa shape index (κ1) is 14.7. The number of imidazole rings is 1. The standard InChI is InChI=1S/C17H11FN4OS/c1-8(7-19)24-17-21-14-10-3-2-9(18)6-12(10)13-11(15(14)22-17)4-5-20-16(13)23/h2-6,8H,1H3,(H,20,23)(H,21,22). The molecule has 7 heteroatoms. The second-order valence-electron chi connectivity index (χ2n) is 5.44. The topological polar surface area (TPSA) is 85.3 Å². The van der Waals surface area contributed by atoms with Crippen LogP contribution in [-0.4, -0.2) is 20.2 Å². The highest BCUT2D eigenvalue weighted by molar-refractivity contribution is 8.00.